The third-order valence-corrected chi connectivity index (χ3v) is 10.1. The molecule has 2 heterocycles. The van der Waals surface area contributed by atoms with Gasteiger partial charge in [0.15, 0.2) is 11.2 Å². The predicted molar refractivity (Wildman–Crippen MR) is 186 cm³/mol. The third kappa shape index (κ3) is 8.08. The lowest BCUT2D eigenvalue weighted by atomic mass is 9.63. The van der Waals surface area contributed by atoms with E-state index in [1.54, 1.807) is 29.2 Å². The van der Waals surface area contributed by atoms with Gasteiger partial charge in [-0.2, -0.15) is 0 Å². The standard InChI is InChI=1S/C38H48ClN3O5/c1-24(2)26-13-16-32-29(22-26)31(43)23-33(47-32)34(44)40-30(21-25-11-14-28(39)15-12-25)35(45)42-19-17-38(18-20-42,27-9-7-6-8-10-27)36(46)41-37(3,4)5/h11-16,22-24,27,30H,6-10,17-21H2,1-5H3,(H,40,44)(H,41,46)/t30-/m1/s1. The Balaban J connectivity index is 1.38. The Bertz CT molecular complexity index is 1660. The second-order valence-corrected chi connectivity index (χ2v) is 15.2. The number of nitrogens with one attached hydrogen (secondary N) is 2. The summed E-state index contributed by atoms with van der Waals surface area (Å²) in [6, 6.07) is 12.8. The average molecular weight is 662 g/mol. The minimum Gasteiger partial charge on any atom is -0.451 e. The fourth-order valence-corrected chi connectivity index (χ4v) is 7.34. The van der Waals surface area contributed by atoms with Crippen molar-refractivity contribution in [3.05, 3.63) is 80.7 Å². The summed E-state index contributed by atoms with van der Waals surface area (Å²) in [4.78, 5) is 56.5. The number of halogens is 1. The number of carbonyl (C=O) groups excluding carboxylic acids is 3. The van der Waals surface area contributed by atoms with Crippen LogP contribution >= 0.6 is 11.6 Å². The molecule has 47 heavy (non-hydrogen) atoms. The molecular formula is C38H48ClN3O5. The molecule has 9 heteroatoms. The van der Waals surface area contributed by atoms with E-state index in [2.05, 4.69) is 10.6 Å². The first-order valence-electron chi connectivity index (χ1n) is 17.0. The summed E-state index contributed by atoms with van der Waals surface area (Å²) in [5, 5.41) is 7.11. The monoisotopic (exact) mass is 661 g/mol. The molecule has 1 saturated heterocycles. The zero-order valence-electron chi connectivity index (χ0n) is 28.3. The van der Waals surface area contributed by atoms with Gasteiger partial charge in [-0.3, -0.25) is 19.2 Å². The molecular weight excluding hydrogens is 614 g/mol. The van der Waals surface area contributed by atoms with Crippen LogP contribution in [0, 0.1) is 11.3 Å². The predicted octanol–water partition coefficient (Wildman–Crippen LogP) is 7.01. The highest BCUT2D eigenvalue weighted by Gasteiger charge is 2.49. The number of benzene rings is 2. The normalized spacial score (nSPS) is 17.8. The molecule has 1 aliphatic carbocycles. The molecule has 2 aliphatic rings. The zero-order valence-corrected chi connectivity index (χ0v) is 29.0. The van der Waals surface area contributed by atoms with Gasteiger partial charge in [-0.05, 0) is 93.7 Å². The van der Waals surface area contributed by atoms with Gasteiger partial charge >= 0.3 is 0 Å². The van der Waals surface area contributed by atoms with Gasteiger partial charge in [0, 0.05) is 36.1 Å². The van der Waals surface area contributed by atoms with Gasteiger partial charge in [0.05, 0.1) is 10.8 Å². The molecule has 2 fully saturated rings. The van der Waals surface area contributed by atoms with Crippen molar-refractivity contribution in [3.63, 3.8) is 0 Å². The Labute approximate surface area is 282 Å². The van der Waals surface area contributed by atoms with Crippen molar-refractivity contribution in [2.45, 2.75) is 103 Å². The summed E-state index contributed by atoms with van der Waals surface area (Å²) in [7, 11) is 0. The van der Waals surface area contributed by atoms with Crippen molar-refractivity contribution in [1.82, 2.24) is 15.5 Å². The molecule has 1 aromatic heterocycles. The van der Waals surface area contributed by atoms with Crippen LogP contribution in [0.1, 0.15) is 107 Å². The van der Waals surface area contributed by atoms with E-state index in [0.717, 1.165) is 36.8 Å². The van der Waals surface area contributed by atoms with Gasteiger partial charge in [-0.15, -0.1) is 0 Å². The number of piperidine rings is 1. The lowest BCUT2D eigenvalue weighted by Crippen LogP contribution is -2.59. The number of hydrogen-bond acceptors (Lipinski definition) is 5. The summed E-state index contributed by atoms with van der Waals surface area (Å²) in [5.41, 5.74) is 0.949. The Morgan fingerprint density at radius 3 is 2.26 bits per heavy atom. The molecule has 0 radical (unpaired) electrons. The van der Waals surface area contributed by atoms with Gasteiger partial charge in [0.2, 0.25) is 11.8 Å². The Kier molecular flexibility index (Phi) is 10.5. The highest BCUT2D eigenvalue weighted by molar-refractivity contribution is 6.30. The molecule has 1 saturated carbocycles. The van der Waals surface area contributed by atoms with Crippen molar-refractivity contribution >= 4 is 40.3 Å². The van der Waals surface area contributed by atoms with Gasteiger partial charge in [0.1, 0.15) is 11.6 Å². The molecule has 2 N–H and O–H groups in total. The largest absolute Gasteiger partial charge is 0.451 e. The SMILES string of the molecule is CC(C)c1ccc2oc(C(=O)N[C@H](Cc3ccc(Cl)cc3)C(=O)N3CCC(C(=O)NC(C)(C)C)(C4CCCCC4)CC3)cc(=O)c2c1. The van der Waals surface area contributed by atoms with Crippen LogP contribution in [0.4, 0.5) is 0 Å². The van der Waals surface area contributed by atoms with E-state index < -0.39 is 17.4 Å². The van der Waals surface area contributed by atoms with Crippen LogP contribution in [0.25, 0.3) is 11.0 Å². The summed E-state index contributed by atoms with van der Waals surface area (Å²) in [5.74, 6) is -0.414. The highest BCUT2D eigenvalue weighted by Crippen LogP contribution is 2.46. The van der Waals surface area contributed by atoms with Crippen LogP contribution < -0.4 is 16.1 Å². The molecule has 252 valence electrons. The summed E-state index contributed by atoms with van der Waals surface area (Å²) < 4.78 is 5.89. The Morgan fingerprint density at radius 2 is 1.64 bits per heavy atom. The fraction of sp³-hybridized carbons (Fsp3) is 0.526. The number of likely N-dealkylation sites (tertiary alicyclic amines) is 1. The van der Waals surface area contributed by atoms with Crippen LogP contribution in [0.15, 0.2) is 57.7 Å². The van der Waals surface area contributed by atoms with Gasteiger partial charge in [0.25, 0.3) is 5.91 Å². The van der Waals surface area contributed by atoms with E-state index in [-0.39, 0.29) is 46.8 Å². The molecule has 5 rings (SSSR count). The van der Waals surface area contributed by atoms with Crippen LogP contribution in [0.3, 0.4) is 0 Å². The fourth-order valence-electron chi connectivity index (χ4n) is 7.22. The lowest BCUT2D eigenvalue weighted by Gasteiger charge is -2.48. The van der Waals surface area contributed by atoms with Crippen molar-refractivity contribution in [2.24, 2.45) is 11.3 Å². The molecule has 3 aromatic rings. The first-order chi connectivity index (χ1) is 22.3. The maximum atomic E-state index is 14.2. The number of nitrogens with zero attached hydrogens (tertiary/aromatic N) is 1. The van der Waals surface area contributed by atoms with E-state index in [0.29, 0.717) is 41.9 Å². The van der Waals surface area contributed by atoms with Crippen molar-refractivity contribution in [1.29, 1.82) is 0 Å². The first kappa shape index (κ1) is 34.7. The highest BCUT2D eigenvalue weighted by atomic mass is 35.5. The van der Waals surface area contributed by atoms with E-state index >= 15 is 0 Å². The van der Waals surface area contributed by atoms with Gasteiger partial charge in [-0.25, -0.2) is 0 Å². The van der Waals surface area contributed by atoms with Crippen LogP contribution in [-0.2, 0) is 16.0 Å². The second kappa shape index (κ2) is 14.2. The number of hydrogen-bond donors (Lipinski definition) is 2. The Morgan fingerprint density at radius 1 is 0.979 bits per heavy atom. The van der Waals surface area contributed by atoms with E-state index in [1.165, 1.54) is 12.5 Å². The number of carbonyl (C=O) groups is 3. The molecule has 1 aliphatic heterocycles. The molecule has 0 unspecified atom stereocenters. The second-order valence-electron chi connectivity index (χ2n) is 14.8. The van der Waals surface area contributed by atoms with E-state index in [1.807, 2.05) is 52.8 Å². The van der Waals surface area contributed by atoms with Crippen LogP contribution in [0.2, 0.25) is 5.02 Å². The van der Waals surface area contributed by atoms with E-state index in [4.69, 9.17) is 16.0 Å². The average Bonchev–Trinajstić information content (AvgIpc) is 3.04. The van der Waals surface area contributed by atoms with Crippen LogP contribution in [0.5, 0.6) is 0 Å². The number of rotatable bonds is 8. The summed E-state index contributed by atoms with van der Waals surface area (Å²) >= 11 is 6.12. The summed E-state index contributed by atoms with van der Waals surface area (Å²) in [6.45, 7) is 10.9. The topological polar surface area (TPSA) is 109 Å². The van der Waals surface area contributed by atoms with Crippen molar-refractivity contribution < 1.29 is 18.8 Å². The minimum atomic E-state index is -0.918. The van der Waals surface area contributed by atoms with Gasteiger partial charge in [-0.1, -0.05) is 62.9 Å². The number of amides is 3. The third-order valence-electron chi connectivity index (χ3n) is 9.89. The molecule has 1 atom stereocenters. The minimum absolute atomic E-state index is 0.0851. The maximum Gasteiger partial charge on any atom is 0.287 e. The van der Waals surface area contributed by atoms with Gasteiger partial charge < -0.3 is 20.0 Å². The molecule has 8 nitrogen and oxygen atoms in total. The lowest BCUT2D eigenvalue weighted by molar-refractivity contribution is -0.147. The number of fused-ring (bicyclic) bond motifs is 1. The van der Waals surface area contributed by atoms with Crippen LogP contribution in [-0.4, -0.2) is 47.3 Å². The molecule has 0 bridgehead atoms. The Hall–Kier alpha value is -3.65. The molecule has 0 spiro atoms. The zero-order chi connectivity index (χ0) is 33.9. The summed E-state index contributed by atoms with van der Waals surface area (Å²) in [6.07, 6.45) is 6.86. The molecule has 2 aromatic carbocycles. The van der Waals surface area contributed by atoms with Crippen molar-refractivity contribution in [3.8, 4) is 0 Å². The molecule has 3 amide bonds. The quantitative estimate of drug-likeness (QED) is 0.270. The first-order valence-corrected chi connectivity index (χ1v) is 17.4. The van der Waals surface area contributed by atoms with Crippen molar-refractivity contribution in [2.75, 3.05) is 13.1 Å². The smallest absolute Gasteiger partial charge is 0.287 e. The maximum absolute atomic E-state index is 14.2. The van der Waals surface area contributed by atoms with E-state index in [9.17, 15) is 19.2 Å².